The monoisotopic (exact) mass is 502 g/mol. The second-order valence-electron chi connectivity index (χ2n) is 7.52. The van der Waals surface area contributed by atoms with Gasteiger partial charge in [-0.2, -0.15) is 0 Å². The number of carbonyl (C=O) groups excluding carboxylic acids is 1. The number of alkyl halides is 1. The molecule has 1 aliphatic heterocycles. The maximum atomic E-state index is 11.5. The number of hydrogen-bond acceptors (Lipinski definition) is 8. The number of hydrogen-bond donors (Lipinski definition) is 3. The van der Waals surface area contributed by atoms with Gasteiger partial charge in [-0.15, -0.1) is 11.6 Å². The van der Waals surface area contributed by atoms with Crippen LogP contribution < -0.4 is 31.0 Å². The Balaban J connectivity index is 1.68. The van der Waals surface area contributed by atoms with E-state index in [1.165, 1.54) is 6.33 Å². The minimum absolute atomic E-state index is 0.0661. The van der Waals surface area contributed by atoms with Crippen LogP contribution in [0.3, 0.4) is 0 Å². The summed E-state index contributed by atoms with van der Waals surface area (Å²) in [5.41, 5.74) is 10.8. The lowest BCUT2D eigenvalue weighted by Gasteiger charge is -2.28. The fraction of sp³-hybridized carbons (Fsp3) is 0.261. The number of nitrogens with zero attached hydrogens (tertiary/aromatic N) is 3. The van der Waals surface area contributed by atoms with E-state index in [-0.39, 0.29) is 6.42 Å². The zero-order valence-corrected chi connectivity index (χ0v) is 19.9. The van der Waals surface area contributed by atoms with Crippen LogP contribution in [-0.4, -0.2) is 41.6 Å². The first kappa shape index (κ1) is 23.7. The fourth-order valence-corrected chi connectivity index (χ4v) is 3.89. The first-order valence-electron chi connectivity index (χ1n) is 10.6. The van der Waals surface area contributed by atoms with Gasteiger partial charge in [0.2, 0.25) is 5.91 Å². The number of carbonyl (C=O) groups is 1. The maximum Gasteiger partial charge on any atom is 0.223 e. The molecule has 0 saturated carbocycles. The SMILES string of the molecule is COc1cc2c(NC3C=C(CC(N)=O)NN3c3cccc(Cl)c3)ncnc2cc1OCCCCl. The van der Waals surface area contributed by atoms with E-state index in [4.69, 9.17) is 38.4 Å². The van der Waals surface area contributed by atoms with Crippen LogP contribution in [0.2, 0.25) is 5.02 Å². The van der Waals surface area contributed by atoms with Gasteiger partial charge in [0.15, 0.2) is 11.5 Å². The highest BCUT2D eigenvalue weighted by Gasteiger charge is 2.27. The molecule has 3 aromatic rings. The Morgan fingerprint density at radius 1 is 1.26 bits per heavy atom. The van der Waals surface area contributed by atoms with E-state index < -0.39 is 12.1 Å². The highest BCUT2D eigenvalue weighted by molar-refractivity contribution is 6.30. The van der Waals surface area contributed by atoms with Crippen molar-refractivity contribution in [1.29, 1.82) is 0 Å². The molecular formula is C23H24Cl2N6O3. The van der Waals surface area contributed by atoms with Crippen molar-refractivity contribution < 1.29 is 14.3 Å². The first-order chi connectivity index (χ1) is 16.5. The number of hydrazine groups is 1. The summed E-state index contributed by atoms with van der Waals surface area (Å²) < 4.78 is 11.3. The molecule has 1 unspecified atom stereocenters. The van der Waals surface area contributed by atoms with Gasteiger partial charge in [0.05, 0.1) is 31.3 Å². The molecule has 34 heavy (non-hydrogen) atoms. The van der Waals surface area contributed by atoms with Gasteiger partial charge in [-0.1, -0.05) is 17.7 Å². The van der Waals surface area contributed by atoms with Crippen molar-refractivity contribution >= 4 is 51.5 Å². The minimum Gasteiger partial charge on any atom is -0.493 e. The number of fused-ring (bicyclic) bond motifs is 1. The average Bonchev–Trinajstić information content (AvgIpc) is 3.20. The van der Waals surface area contributed by atoms with Crippen molar-refractivity contribution in [2.24, 2.45) is 5.73 Å². The standard InChI is InChI=1S/C23H24Cl2N6O3/c1-33-19-11-17-18(12-20(19)34-7-3-6-24)27-13-28-23(17)29-22-10-15(9-21(26)32)30-31(22)16-5-2-4-14(25)8-16/h2,4-5,8,10-13,22,30H,3,6-7,9H2,1H3,(H2,26,32)(H,27,28,29). The molecule has 1 aromatic heterocycles. The van der Waals surface area contributed by atoms with E-state index in [1.807, 2.05) is 41.4 Å². The van der Waals surface area contributed by atoms with Gasteiger partial charge >= 0.3 is 0 Å². The fourth-order valence-electron chi connectivity index (χ4n) is 3.60. The number of benzene rings is 2. The van der Waals surface area contributed by atoms with Crippen LogP contribution in [-0.2, 0) is 4.79 Å². The molecule has 0 bridgehead atoms. The van der Waals surface area contributed by atoms with Crippen LogP contribution >= 0.6 is 23.2 Å². The molecule has 11 heteroatoms. The van der Waals surface area contributed by atoms with Crippen LogP contribution in [0.1, 0.15) is 12.8 Å². The summed E-state index contributed by atoms with van der Waals surface area (Å²) >= 11 is 12.0. The second-order valence-corrected chi connectivity index (χ2v) is 8.33. The predicted octanol–water partition coefficient (Wildman–Crippen LogP) is 3.82. The van der Waals surface area contributed by atoms with Gasteiger partial charge in [0, 0.05) is 28.1 Å². The number of aromatic nitrogens is 2. The van der Waals surface area contributed by atoms with Crippen molar-refractivity contribution in [2.45, 2.75) is 19.0 Å². The summed E-state index contributed by atoms with van der Waals surface area (Å²) in [6, 6.07) is 11.0. The molecular weight excluding hydrogens is 479 g/mol. The van der Waals surface area contributed by atoms with E-state index in [2.05, 4.69) is 20.7 Å². The number of nitrogens with two attached hydrogens (primary N) is 1. The van der Waals surface area contributed by atoms with Gasteiger partial charge < -0.3 is 20.5 Å². The van der Waals surface area contributed by atoms with Gasteiger partial charge in [-0.25, -0.2) is 9.97 Å². The van der Waals surface area contributed by atoms with Crippen LogP contribution in [0.4, 0.5) is 11.5 Å². The lowest BCUT2D eigenvalue weighted by Crippen LogP contribution is -2.43. The van der Waals surface area contributed by atoms with Crippen molar-refractivity contribution in [2.75, 3.05) is 29.9 Å². The topological polar surface area (TPSA) is 115 Å². The molecule has 0 aliphatic carbocycles. The lowest BCUT2D eigenvalue weighted by atomic mass is 10.2. The number of halogens is 2. The molecule has 2 heterocycles. The van der Waals surface area contributed by atoms with Crippen molar-refractivity contribution in [3.8, 4) is 11.5 Å². The zero-order chi connectivity index (χ0) is 24.1. The van der Waals surface area contributed by atoms with Crippen molar-refractivity contribution in [3.05, 3.63) is 59.5 Å². The van der Waals surface area contributed by atoms with Crippen molar-refractivity contribution in [3.63, 3.8) is 0 Å². The summed E-state index contributed by atoms with van der Waals surface area (Å²) in [7, 11) is 1.58. The Hall–Kier alpha value is -3.43. The summed E-state index contributed by atoms with van der Waals surface area (Å²) in [5.74, 6) is 1.78. The zero-order valence-electron chi connectivity index (χ0n) is 18.4. The Bertz CT molecular complexity index is 1220. The largest absolute Gasteiger partial charge is 0.493 e. The van der Waals surface area contributed by atoms with E-state index in [1.54, 1.807) is 13.2 Å². The summed E-state index contributed by atoms with van der Waals surface area (Å²) in [5, 5.41) is 6.58. The molecule has 1 atom stereocenters. The molecule has 4 N–H and O–H groups in total. The van der Waals surface area contributed by atoms with E-state index in [0.717, 1.165) is 11.1 Å². The molecule has 1 aliphatic rings. The van der Waals surface area contributed by atoms with Crippen molar-refractivity contribution in [1.82, 2.24) is 15.4 Å². The van der Waals surface area contributed by atoms with Crippen LogP contribution in [0, 0.1) is 0 Å². The molecule has 9 nitrogen and oxygen atoms in total. The molecule has 0 fully saturated rings. The number of anilines is 2. The first-order valence-corrected chi connectivity index (χ1v) is 11.5. The smallest absolute Gasteiger partial charge is 0.223 e. The minimum atomic E-state index is -0.440. The lowest BCUT2D eigenvalue weighted by molar-refractivity contribution is -0.117. The van der Waals surface area contributed by atoms with Crippen LogP contribution in [0.5, 0.6) is 11.5 Å². The highest BCUT2D eigenvalue weighted by atomic mass is 35.5. The summed E-state index contributed by atoms with van der Waals surface area (Å²) in [6.07, 6.45) is 3.74. The maximum absolute atomic E-state index is 11.5. The highest BCUT2D eigenvalue weighted by Crippen LogP contribution is 2.35. The number of rotatable bonds is 10. The second kappa shape index (κ2) is 10.7. The van der Waals surface area contributed by atoms with E-state index in [9.17, 15) is 4.79 Å². The van der Waals surface area contributed by atoms with Crippen LogP contribution in [0.15, 0.2) is 54.5 Å². The quantitative estimate of drug-likeness (QED) is 0.283. The molecule has 0 saturated heterocycles. The molecule has 0 radical (unpaired) electrons. The Labute approximate surface area is 206 Å². The average molecular weight is 503 g/mol. The Kier molecular flexibility index (Phi) is 7.44. The Morgan fingerprint density at radius 2 is 2.12 bits per heavy atom. The van der Waals surface area contributed by atoms with E-state index >= 15 is 0 Å². The van der Waals surface area contributed by atoms with Gasteiger partial charge in [-0.05, 0) is 36.8 Å². The molecule has 0 spiro atoms. The molecule has 1 amide bonds. The third-order valence-corrected chi connectivity index (χ3v) is 5.60. The normalized spacial score (nSPS) is 15.1. The third kappa shape index (κ3) is 5.37. The predicted molar refractivity (Wildman–Crippen MR) is 133 cm³/mol. The number of methoxy groups -OCH3 is 1. The molecule has 4 rings (SSSR count). The Morgan fingerprint density at radius 3 is 2.85 bits per heavy atom. The summed E-state index contributed by atoms with van der Waals surface area (Å²) in [4.78, 5) is 20.3. The number of nitrogens with one attached hydrogen (secondary N) is 2. The summed E-state index contributed by atoms with van der Waals surface area (Å²) in [6.45, 7) is 0.470. The van der Waals surface area contributed by atoms with Gasteiger partial charge in [0.1, 0.15) is 18.3 Å². The van der Waals surface area contributed by atoms with Crippen LogP contribution in [0.25, 0.3) is 10.9 Å². The third-order valence-electron chi connectivity index (χ3n) is 5.09. The molecule has 178 valence electrons. The van der Waals surface area contributed by atoms with Gasteiger partial charge in [-0.3, -0.25) is 15.2 Å². The van der Waals surface area contributed by atoms with Gasteiger partial charge in [0.25, 0.3) is 0 Å². The number of primary amides is 1. The number of amides is 1. The van der Waals surface area contributed by atoms with E-state index in [0.29, 0.717) is 52.5 Å². The molecule has 2 aromatic carbocycles. The number of ether oxygens (including phenoxy) is 2.